The molecule has 5 nitrogen and oxygen atoms in total. The summed E-state index contributed by atoms with van der Waals surface area (Å²) in [5.74, 6) is 0.511. The largest absolute Gasteiger partial charge is 0.326 e. The standard InChI is InChI=1S/C14H12N4OS/c15-10-11-3-1-4-12(9-11)18-13(19)5-8-20-14-16-6-2-7-17-14/h1-4,6-7,9H,5,8H2,(H,18,19). The minimum Gasteiger partial charge on any atom is -0.326 e. The van der Waals surface area contributed by atoms with Crippen LogP contribution in [0.5, 0.6) is 0 Å². The molecule has 20 heavy (non-hydrogen) atoms. The van der Waals surface area contributed by atoms with Crippen molar-refractivity contribution < 1.29 is 4.79 Å². The van der Waals surface area contributed by atoms with E-state index < -0.39 is 0 Å². The molecule has 0 fully saturated rings. The van der Waals surface area contributed by atoms with E-state index >= 15 is 0 Å². The van der Waals surface area contributed by atoms with Gasteiger partial charge in [-0.05, 0) is 24.3 Å². The molecule has 6 heteroatoms. The Balaban J connectivity index is 1.79. The van der Waals surface area contributed by atoms with Gasteiger partial charge in [-0.2, -0.15) is 5.26 Å². The van der Waals surface area contributed by atoms with Gasteiger partial charge >= 0.3 is 0 Å². The number of hydrogen-bond acceptors (Lipinski definition) is 5. The van der Waals surface area contributed by atoms with Gasteiger partial charge < -0.3 is 5.32 Å². The topological polar surface area (TPSA) is 78.7 Å². The van der Waals surface area contributed by atoms with E-state index in [-0.39, 0.29) is 5.91 Å². The van der Waals surface area contributed by atoms with E-state index in [0.29, 0.717) is 28.6 Å². The summed E-state index contributed by atoms with van der Waals surface area (Å²) in [7, 11) is 0. The maximum atomic E-state index is 11.8. The molecule has 0 bridgehead atoms. The summed E-state index contributed by atoms with van der Waals surface area (Å²) in [6, 6.07) is 10.6. The van der Waals surface area contributed by atoms with Crippen molar-refractivity contribution in [3.8, 4) is 6.07 Å². The van der Waals surface area contributed by atoms with Crippen molar-refractivity contribution in [1.82, 2.24) is 9.97 Å². The van der Waals surface area contributed by atoms with Gasteiger partial charge in [0, 0.05) is 30.3 Å². The SMILES string of the molecule is N#Cc1cccc(NC(=O)CCSc2ncccn2)c1. The Kier molecular flexibility index (Phi) is 5.09. The molecule has 100 valence electrons. The fraction of sp³-hybridized carbons (Fsp3) is 0.143. The molecule has 1 aromatic carbocycles. The molecule has 0 spiro atoms. The van der Waals surface area contributed by atoms with Gasteiger partial charge in [0.2, 0.25) is 5.91 Å². The molecule has 0 aliphatic carbocycles. The molecule has 0 radical (unpaired) electrons. The maximum absolute atomic E-state index is 11.8. The highest BCUT2D eigenvalue weighted by Gasteiger charge is 2.04. The van der Waals surface area contributed by atoms with Crippen LogP contribution in [-0.2, 0) is 4.79 Å². The van der Waals surface area contributed by atoms with E-state index in [9.17, 15) is 4.79 Å². The average molecular weight is 284 g/mol. The van der Waals surface area contributed by atoms with E-state index in [1.807, 2.05) is 6.07 Å². The number of amides is 1. The van der Waals surface area contributed by atoms with E-state index in [4.69, 9.17) is 5.26 Å². The third-order valence-electron chi connectivity index (χ3n) is 2.38. The van der Waals surface area contributed by atoms with Gasteiger partial charge in [-0.25, -0.2) is 9.97 Å². The van der Waals surface area contributed by atoms with Crippen LogP contribution in [0.3, 0.4) is 0 Å². The Hall–Kier alpha value is -2.39. The number of nitrogens with one attached hydrogen (secondary N) is 1. The zero-order valence-electron chi connectivity index (χ0n) is 10.6. The number of carbonyl (C=O) groups is 1. The normalized spacial score (nSPS) is 9.75. The first kappa shape index (κ1) is 14.0. The Morgan fingerprint density at radius 2 is 2.10 bits per heavy atom. The smallest absolute Gasteiger partial charge is 0.225 e. The number of rotatable bonds is 5. The number of aromatic nitrogens is 2. The summed E-state index contributed by atoms with van der Waals surface area (Å²) in [5.41, 5.74) is 1.16. The summed E-state index contributed by atoms with van der Waals surface area (Å²) >= 11 is 1.43. The van der Waals surface area contributed by atoms with Gasteiger partial charge in [-0.15, -0.1) is 0 Å². The van der Waals surface area contributed by atoms with Crippen LogP contribution in [0.2, 0.25) is 0 Å². The number of nitriles is 1. The molecule has 1 heterocycles. The van der Waals surface area contributed by atoms with Crippen molar-refractivity contribution in [3.63, 3.8) is 0 Å². The first-order valence-electron chi connectivity index (χ1n) is 5.98. The van der Waals surface area contributed by atoms with Crippen molar-refractivity contribution in [3.05, 3.63) is 48.3 Å². The third-order valence-corrected chi connectivity index (χ3v) is 3.26. The van der Waals surface area contributed by atoms with Gasteiger partial charge in [0.15, 0.2) is 5.16 Å². The number of carbonyl (C=O) groups excluding carboxylic acids is 1. The number of thioether (sulfide) groups is 1. The zero-order valence-corrected chi connectivity index (χ0v) is 11.4. The monoisotopic (exact) mass is 284 g/mol. The minimum absolute atomic E-state index is 0.0940. The summed E-state index contributed by atoms with van der Waals surface area (Å²) < 4.78 is 0. The van der Waals surface area contributed by atoms with Gasteiger partial charge in [0.25, 0.3) is 0 Å². The molecule has 1 N–H and O–H groups in total. The number of benzene rings is 1. The van der Waals surface area contributed by atoms with Gasteiger partial charge in [-0.3, -0.25) is 4.79 Å². The molecule has 0 aliphatic heterocycles. The third kappa shape index (κ3) is 4.37. The summed E-state index contributed by atoms with van der Waals surface area (Å²) in [6.45, 7) is 0. The summed E-state index contributed by atoms with van der Waals surface area (Å²) in [4.78, 5) is 19.9. The van der Waals surface area contributed by atoms with Crippen molar-refractivity contribution in [2.75, 3.05) is 11.1 Å². The molecular weight excluding hydrogens is 272 g/mol. The number of nitrogens with zero attached hydrogens (tertiary/aromatic N) is 3. The van der Waals surface area contributed by atoms with E-state index in [2.05, 4.69) is 15.3 Å². The Morgan fingerprint density at radius 1 is 1.30 bits per heavy atom. The second kappa shape index (κ2) is 7.26. The van der Waals surface area contributed by atoms with Crippen molar-refractivity contribution in [2.24, 2.45) is 0 Å². The highest BCUT2D eigenvalue weighted by atomic mass is 32.2. The zero-order chi connectivity index (χ0) is 14.2. The molecule has 1 aromatic heterocycles. The Bertz CT molecular complexity index is 625. The Morgan fingerprint density at radius 3 is 2.85 bits per heavy atom. The van der Waals surface area contributed by atoms with Crippen LogP contribution in [0.1, 0.15) is 12.0 Å². The van der Waals surface area contributed by atoms with Crippen LogP contribution < -0.4 is 5.32 Å². The Labute approximate surface area is 121 Å². The molecule has 2 rings (SSSR count). The van der Waals surface area contributed by atoms with Crippen molar-refractivity contribution in [1.29, 1.82) is 5.26 Å². The minimum atomic E-state index is -0.0940. The van der Waals surface area contributed by atoms with Gasteiger partial charge in [0.1, 0.15) is 0 Å². The predicted molar refractivity (Wildman–Crippen MR) is 77.2 cm³/mol. The molecule has 0 saturated carbocycles. The molecule has 0 atom stereocenters. The van der Waals surface area contributed by atoms with Crippen LogP contribution in [0, 0.1) is 11.3 Å². The van der Waals surface area contributed by atoms with Crippen LogP contribution >= 0.6 is 11.8 Å². The van der Waals surface area contributed by atoms with Crippen LogP contribution in [0.25, 0.3) is 0 Å². The molecule has 2 aromatic rings. The average Bonchev–Trinajstić information content (AvgIpc) is 2.48. The fourth-order valence-electron chi connectivity index (χ4n) is 1.48. The summed E-state index contributed by atoms with van der Waals surface area (Å²) in [5, 5.41) is 12.2. The quantitative estimate of drug-likeness (QED) is 0.674. The lowest BCUT2D eigenvalue weighted by molar-refractivity contribution is -0.115. The molecule has 0 unspecified atom stereocenters. The first-order valence-corrected chi connectivity index (χ1v) is 6.96. The van der Waals surface area contributed by atoms with Crippen LogP contribution in [0.15, 0.2) is 47.9 Å². The van der Waals surface area contributed by atoms with E-state index in [0.717, 1.165) is 0 Å². The predicted octanol–water partition coefficient (Wildman–Crippen LogP) is 2.47. The fourth-order valence-corrected chi connectivity index (χ4v) is 2.23. The first-order chi connectivity index (χ1) is 9.78. The molecular formula is C14H12N4OS. The van der Waals surface area contributed by atoms with Crippen molar-refractivity contribution in [2.45, 2.75) is 11.6 Å². The maximum Gasteiger partial charge on any atom is 0.225 e. The van der Waals surface area contributed by atoms with Crippen LogP contribution in [0.4, 0.5) is 5.69 Å². The number of anilines is 1. The highest BCUT2D eigenvalue weighted by Crippen LogP contribution is 2.14. The van der Waals surface area contributed by atoms with E-state index in [1.54, 1.807) is 42.7 Å². The van der Waals surface area contributed by atoms with E-state index in [1.165, 1.54) is 11.8 Å². The second-order valence-electron chi connectivity index (χ2n) is 3.87. The summed E-state index contributed by atoms with van der Waals surface area (Å²) in [6.07, 6.45) is 3.70. The lowest BCUT2D eigenvalue weighted by atomic mass is 10.2. The van der Waals surface area contributed by atoms with Crippen molar-refractivity contribution >= 4 is 23.4 Å². The molecule has 1 amide bonds. The number of hydrogen-bond donors (Lipinski definition) is 1. The van der Waals surface area contributed by atoms with Crippen LogP contribution in [-0.4, -0.2) is 21.6 Å². The lowest BCUT2D eigenvalue weighted by Gasteiger charge is -2.04. The molecule has 0 saturated heterocycles. The van der Waals surface area contributed by atoms with Gasteiger partial charge in [-0.1, -0.05) is 17.8 Å². The van der Waals surface area contributed by atoms with Gasteiger partial charge in [0.05, 0.1) is 11.6 Å². The molecule has 0 aliphatic rings. The highest BCUT2D eigenvalue weighted by molar-refractivity contribution is 7.99. The second-order valence-corrected chi connectivity index (χ2v) is 4.93. The lowest BCUT2D eigenvalue weighted by Crippen LogP contribution is -2.12.